The van der Waals surface area contributed by atoms with Crippen LogP contribution in [0.2, 0.25) is 0 Å². The van der Waals surface area contributed by atoms with Gasteiger partial charge in [-0.1, -0.05) is 194 Å². The third-order valence-corrected chi connectivity index (χ3v) is 10.8. The van der Waals surface area contributed by atoms with Crippen molar-refractivity contribution in [1.29, 1.82) is 0 Å². The number of unbranched alkanes of at least 4 members (excludes halogenated alkanes) is 28. The molecular weight excluding hydrogens is 643 g/mol. The molecule has 0 fully saturated rings. The van der Waals surface area contributed by atoms with Crippen LogP contribution >= 0.6 is 0 Å². The summed E-state index contributed by atoms with van der Waals surface area (Å²) in [5.41, 5.74) is 3.44. The lowest BCUT2D eigenvalue weighted by Crippen LogP contribution is -2.48. The van der Waals surface area contributed by atoms with E-state index in [4.69, 9.17) is 9.47 Å². The molecule has 0 aliphatic carbocycles. The number of pyridine rings is 1. The molecule has 1 unspecified atom stereocenters. The van der Waals surface area contributed by atoms with Crippen LogP contribution in [-0.4, -0.2) is 24.6 Å². The third-order valence-electron chi connectivity index (χ3n) is 10.8. The second-order valence-corrected chi connectivity index (χ2v) is 16.1. The highest BCUT2D eigenvalue weighted by Crippen LogP contribution is 2.16. The first-order valence-corrected chi connectivity index (χ1v) is 22.7. The van der Waals surface area contributed by atoms with E-state index in [1.807, 2.05) is 0 Å². The summed E-state index contributed by atoms with van der Waals surface area (Å²) in [4.78, 5) is 25.6. The van der Waals surface area contributed by atoms with Crippen LogP contribution in [0.15, 0.2) is 12.1 Å². The predicted octanol–water partition coefficient (Wildman–Crippen LogP) is 13.9. The van der Waals surface area contributed by atoms with E-state index in [1.54, 1.807) is 0 Å². The molecule has 302 valence electrons. The highest BCUT2D eigenvalue weighted by Gasteiger charge is 2.24. The first-order chi connectivity index (χ1) is 25.4. The Morgan fingerprint density at radius 2 is 0.788 bits per heavy atom. The SMILES string of the molecule is CCCCCCCCCCCCCCCCCC(=O)OCC(C[n+]1c(C)cc(C)cc1C)OC(=O)CCCCCCCCCCCCCCCCC. The fourth-order valence-electron chi connectivity index (χ4n) is 7.53. The molecule has 1 rings (SSSR count). The molecule has 0 N–H and O–H groups in total. The topological polar surface area (TPSA) is 56.5 Å². The Morgan fingerprint density at radius 1 is 0.481 bits per heavy atom. The molecule has 0 aromatic carbocycles. The van der Waals surface area contributed by atoms with E-state index in [1.165, 1.54) is 173 Å². The average molecular weight is 729 g/mol. The zero-order valence-electron chi connectivity index (χ0n) is 35.4. The van der Waals surface area contributed by atoms with Gasteiger partial charge in [-0.25, -0.2) is 0 Å². The molecule has 0 amide bonds. The average Bonchev–Trinajstić information content (AvgIpc) is 3.11. The standard InChI is InChI=1S/C47H86NO4/c1-6-8-10-12-14-16-18-20-22-24-26-28-30-32-34-36-46(49)51-41-45(40-48-43(4)38-42(3)39-44(48)5)52-47(50)37-35-33-31-29-27-25-23-21-19-17-15-13-11-9-7-2/h38-39,45H,6-37,40-41H2,1-5H3/q+1. The Balaban J connectivity index is 2.25. The summed E-state index contributed by atoms with van der Waals surface area (Å²) in [6.07, 6.45) is 39.5. The molecule has 0 saturated carbocycles. The summed E-state index contributed by atoms with van der Waals surface area (Å²) in [6, 6.07) is 4.29. The second kappa shape index (κ2) is 34.8. The van der Waals surface area contributed by atoms with Crippen molar-refractivity contribution in [2.75, 3.05) is 6.61 Å². The minimum Gasteiger partial charge on any atom is -0.461 e. The Kier molecular flexibility index (Phi) is 32.2. The van der Waals surface area contributed by atoms with E-state index in [2.05, 4.69) is 51.3 Å². The predicted molar refractivity (Wildman–Crippen MR) is 221 cm³/mol. The molecule has 0 bridgehead atoms. The summed E-state index contributed by atoms with van der Waals surface area (Å²) >= 11 is 0. The van der Waals surface area contributed by atoms with E-state index in [9.17, 15) is 9.59 Å². The van der Waals surface area contributed by atoms with Crippen LogP contribution in [0, 0.1) is 20.8 Å². The van der Waals surface area contributed by atoms with Crippen molar-refractivity contribution in [3.63, 3.8) is 0 Å². The Hall–Kier alpha value is -1.91. The molecular formula is C47H86NO4+. The van der Waals surface area contributed by atoms with Gasteiger partial charge >= 0.3 is 11.9 Å². The minimum atomic E-state index is -0.487. The zero-order chi connectivity index (χ0) is 37.9. The lowest BCUT2D eigenvalue weighted by atomic mass is 10.0. The fourth-order valence-corrected chi connectivity index (χ4v) is 7.53. The normalized spacial score (nSPS) is 11.9. The molecule has 0 saturated heterocycles. The molecule has 1 atom stereocenters. The monoisotopic (exact) mass is 729 g/mol. The molecule has 0 radical (unpaired) electrons. The van der Waals surface area contributed by atoms with Crippen molar-refractivity contribution >= 4 is 11.9 Å². The molecule has 52 heavy (non-hydrogen) atoms. The summed E-state index contributed by atoms with van der Waals surface area (Å²) in [7, 11) is 0. The maximum absolute atomic E-state index is 12.9. The molecule has 0 aliphatic rings. The first kappa shape index (κ1) is 48.1. The van der Waals surface area contributed by atoms with E-state index in [-0.39, 0.29) is 18.5 Å². The third kappa shape index (κ3) is 28.6. The number of esters is 2. The van der Waals surface area contributed by atoms with Crippen LogP contribution in [0.5, 0.6) is 0 Å². The van der Waals surface area contributed by atoms with E-state index in [0.717, 1.165) is 37.1 Å². The Labute approximate surface area is 323 Å². The van der Waals surface area contributed by atoms with Crippen LogP contribution in [0.4, 0.5) is 0 Å². The molecule has 0 spiro atoms. The van der Waals surface area contributed by atoms with Crippen LogP contribution in [-0.2, 0) is 25.6 Å². The van der Waals surface area contributed by atoms with Crippen molar-refractivity contribution in [3.8, 4) is 0 Å². The van der Waals surface area contributed by atoms with Crippen LogP contribution < -0.4 is 4.57 Å². The van der Waals surface area contributed by atoms with Gasteiger partial charge in [-0.15, -0.1) is 0 Å². The van der Waals surface area contributed by atoms with Crippen molar-refractivity contribution in [3.05, 3.63) is 29.1 Å². The summed E-state index contributed by atoms with van der Waals surface area (Å²) in [5.74, 6) is -0.360. The summed E-state index contributed by atoms with van der Waals surface area (Å²) in [6.45, 7) is 11.4. The van der Waals surface area contributed by atoms with Crippen LogP contribution in [0.1, 0.15) is 236 Å². The van der Waals surface area contributed by atoms with Gasteiger partial charge in [0.25, 0.3) is 0 Å². The number of ether oxygens (including phenoxy) is 2. The van der Waals surface area contributed by atoms with E-state index < -0.39 is 6.10 Å². The van der Waals surface area contributed by atoms with Crippen LogP contribution in [0.25, 0.3) is 0 Å². The van der Waals surface area contributed by atoms with Crippen molar-refractivity contribution in [2.24, 2.45) is 0 Å². The fraction of sp³-hybridized carbons (Fsp3) is 0.851. The molecule has 1 aromatic heterocycles. The number of carbonyl (C=O) groups is 2. The quantitative estimate of drug-likeness (QED) is 0.0389. The van der Waals surface area contributed by atoms with Gasteiger partial charge in [0, 0.05) is 38.8 Å². The van der Waals surface area contributed by atoms with Gasteiger partial charge in [0.05, 0.1) is 0 Å². The van der Waals surface area contributed by atoms with Gasteiger partial charge in [-0.3, -0.25) is 9.59 Å². The molecule has 5 heteroatoms. The number of aryl methyl sites for hydroxylation is 3. The Bertz CT molecular complexity index is 969. The number of carbonyl (C=O) groups excluding carboxylic acids is 2. The Morgan fingerprint density at radius 3 is 1.13 bits per heavy atom. The minimum absolute atomic E-state index is 0.113. The van der Waals surface area contributed by atoms with Crippen LogP contribution in [0.3, 0.4) is 0 Å². The lowest BCUT2D eigenvalue weighted by molar-refractivity contribution is -0.714. The molecule has 0 aliphatic heterocycles. The van der Waals surface area contributed by atoms with Gasteiger partial charge in [0.2, 0.25) is 0 Å². The molecule has 1 aromatic rings. The van der Waals surface area contributed by atoms with Gasteiger partial charge in [0.15, 0.2) is 24.0 Å². The van der Waals surface area contributed by atoms with Crippen molar-refractivity contribution in [2.45, 2.75) is 253 Å². The van der Waals surface area contributed by atoms with Crippen molar-refractivity contribution in [1.82, 2.24) is 0 Å². The largest absolute Gasteiger partial charge is 0.461 e. The highest BCUT2D eigenvalue weighted by atomic mass is 16.6. The number of nitrogens with zero attached hydrogens (tertiary/aromatic N) is 1. The number of aromatic nitrogens is 1. The maximum atomic E-state index is 12.9. The van der Waals surface area contributed by atoms with Gasteiger partial charge in [-0.2, -0.15) is 4.57 Å². The maximum Gasteiger partial charge on any atom is 0.306 e. The first-order valence-electron chi connectivity index (χ1n) is 22.7. The highest BCUT2D eigenvalue weighted by molar-refractivity contribution is 5.70. The second-order valence-electron chi connectivity index (χ2n) is 16.1. The summed E-state index contributed by atoms with van der Waals surface area (Å²) in [5, 5.41) is 0. The smallest absolute Gasteiger partial charge is 0.306 e. The summed E-state index contributed by atoms with van der Waals surface area (Å²) < 4.78 is 13.8. The van der Waals surface area contributed by atoms with E-state index >= 15 is 0 Å². The number of hydrogen-bond acceptors (Lipinski definition) is 4. The zero-order valence-corrected chi connectivity index (χ0v) is 35.4. The van der Waals surface area contributed by atoms with Crippen molar-refractivity contribution < 1.29 is 23.6 Å². The number of rotatable bonds is 37. The van der Waals surface area contributed by atoms with E-state index in [0.29, 0.717) is 19.4 Å². The number of hydrogen-bond donors (Lipinski definition) is 0. The molecule has 5 nitrogen and oxygen atoms in total. The molecule has 1 heterocycles. The lowest BCUT2D eigenvalue weighted by Gasteiger charge is -2.17. The van der Waals surface area contributed by atoms with Gasteiger partial charge in [-0.05, 0) is 25.3 Å². The van der Waals surface area contributed by atoms with Gasteiger partial charge < -0.3 is 9.47 Å². The van der Waals surface area contributed by atoms with Gasteiger partial charge in [0.1, 0.15) is 6.61 Å².